The molecule has 1 amide bonds. The number of carbonyl (C=O) groups excluding carboxylic acids is 1. The third kappa shape index (κ3) is 7.74. The van der Waals surface area contributed by atoms with Gasteiger partial charge in [0.1, 0.15) is 0 Å². The van der Waals surface area contributed by atoms with E-state index in [9.17, 15) is 4.79 Å². The van der Waals surface area contributed by atoms with Crippen molar-refractivity contribution in [1.29, 1.82) is 0 Å². The molecule has 0 bridgehead atoms. The molecule has 0 aliphatic rings. The van der Waals surface area contributed by atoms with Crippen LogP contribution in [0.25, 0.3) is 0 Å². The van der Waals surface area contributed by atoms with Crippen LogP contribution in [0.2, 0.25) is 0 Å². The number of amides is 1. The molecule has 0 unspecified atom stereocenters. The molecule has 13 heavy (non-hydrogen) atoms. The van der Waals surface area contributed by atoms with Crippen molar-refractivity contribution in [3.8, 4) is 0 Å². The molecule has 0 saturated carbocycles. The van der Waals surface area contributed by atoms with Crippen LogP contribution in [0.4, 0.5) is 0 Å². The smallest absolute Gasteiger partial charge is 0.231 e. The maximum atomic E-state index is 10.4. The largest absolute Gasteiger partial charge is 0.369 e. The molecule has 0 aliphatic carbocycles. The number of carbonyl (C=O) groups is 1. The summed E-state index contributed by atoms with van der Waals surface area (Å²) in [5.74, 6) is -0.289. The fraction of sp³-hybridized carbons (Fsp3) is 0.889. The summed E-state index contributed by atoms with van der Waals surface area (Å²) in [6, 6.07) is 0. The van der Waals surface area contributed by atoms with Crippen molar-refractivity contribution < 1.29 is 4.79 Å². The number of nitrogens with one attached hydrogen (secondary N) is 1. The van der Waals surface area contributed by atoms with E-state index >= 15 is 0 Å². The van der Waals surface area contributed by atoms with Crippen LogP contribution in [-0.2, 0) is 4.79 Å². The average molecular weight is 187 g/mol. The van der Waals surface area contributed by atoms with E-state index in [1.165, 1.54) is 0 Å². The molecule has 4 heteroatoms. The molecule has 0 rings (SSSR count). The first kappa shape index (κ1) is 12.4. The summed E-state index contributed by atoms with van der Waals surface area (Å²) in [5.41, 5.74) is 4.97. The van der Waals surface area contributed by atoms with E-state index in [4.69, 9.17) is 5.73 Å². The van der Waals surface area contributed by atoms with E-state index in [1.54, 1.807) is 0 Å². The molecule has 0 spiro atoms. The fourth-order valence-corrected chi connectivity index (χ4v) is 1.18. The molecule has 0 radical (unpaired) electrons. The predicted octanol–water partition coefficient (Wildman–Crippen LogP) is -0.207. The number of nitrogens with zero attached hydrogens (tertiary/aromatic N) is 1. The van der Waals surface area contributed by atoms with Gasteiger partial charge in [-0.1, -0.05) is 13.8 Å². The number of hydrogen-bond donors (Lipinski definition) is 2. The molecule has 0 aromatic carbocycles. The van der Waals surface area contributed by atoms with Crippen LogP contribution in [0.5, 0.6) is 0 Å². The standard InChI is InChI=1S/C9H21N3O/c1-3-12(4-2)7-5-6-11-8-9(10)13/h11H,3-8H2,1-2H3,(H2,10,13). The minimum atomic E-state index is -0.289. The van der Waals surface area contributed by atoms with Gasteiger partial charge in [0.05, 0.1) is 6.54 Å². The van der Waals surface area contributed by atoms with Gasteiger partial charge in [-0.15, -0.1) is 0 Å². The number of hydrogen-bond acceptors (Lipinski definition) is 3. The van der Waals surface area contributed by atoms with Gasteiger partial charge >= 0.3 is 0 Å². The second kappa shape index (κ2) is 8.01. The van der Waals surface area contributed by atoms with Gasteiger partial charge < -0.3 is 16.0 Å². The molecule has 4 nitrogen and oxygen atoms in total. The minimum absolute atomic E-state index is 0.289. The van der Waals surface area contributed by atoms with Crippen molar-refractivity contribution >= 4 is 5.91 Å². The number of primary amides is 1. The second-order valence-corrected chi connectivity index (χ2v) is 3.02. The van der Waals surface area contributed by atoms with E-state index in [2.05, 4.69) is 24.1 Å². The van der Waals surface area contributed by atoms with E-state index in [-0.39, 0.29) is 12.5 Å². The van der Waals surface area contributed by atoms with Crippen LogP contribution in [0, 0.1) is 0 Å². The van der Waals surface area contributed by atoms with Gasteiger partial charge in [0.2, 0.25) is 5.91 Å². The zero-order valence-electron chi connectivity index (χ0n) is 8.68. The summed E-state index contributed by atoms with van der Waals surface area (Å²) in [6.07, 6.45) is 1.06. The molecule has 0 aromatic rings. The highest BCUT2D eigenvalue weighted by molar-refractivity contribution is 5.75. The maximum absolute atomic E-state index is 10.4. The van der Waals surface area contributed by atoms with Gasteiger partial charge in [-0.25, -0.2) is 0 Å². The molecule has 0 fully saturated rings. The van der Waals surface area contributed by atoms with Crippen LogP contribution in [0.3, 0.4) is 0 Å². The molecule has 78 valence electrons. The monoisotopic (exact) mass is 187 g/mol. The Morgan fingerprint density at radius 1 is 1.38 bits per heavy atom. The zero-order valence-corrected chi connectivity index (χ0v) is 8.68. The summed E-state index contributed by atoms with van der Waals surface area (Å²) in [6.45, 7) is 8.72. The molecule has 0 saturated heterocycles. The number of nitrogens with two attached hydrogens (primary N) is 1. The minimum Gasteiger partial charge on any atom is -0.369 e. The topological polar surface area (TPSA) is 58.4 Å². The second-order valence-electron chi connectivity index (χ2n) is 3.02. The van der Waals surface area contributed by atoms with Gasteiger partial charge in [-0.2, -0.15) is 0 Å². The Hall–Kier alpha value is -0.610. The quantitative estimate of drug-likeness (QED) is 0.517. The Kier molecular flexibility index (Phi) is 7.63. The normalized spacial score (nSPS) is 10.7. The van der Waals surface area contributed by atoms with Crippen LogP contribution in [0.1, 0.15) is 20.3 Å². The molecule has 0 aliphatic heterocycles. The Labute approximate surface area is 80.5 Å². The lowest BCUT2D eigenvalue weighted by Gasteiger charge is -2.17. The molecule has 0 atom stereocenters. The summed E-state index contributed by atoms with van der Waals surface area (Å²) in [4.78, 5) is 12.7. The Morgan fingerprint density at radius 3 is 2.46 bits per heavy atom. The van der Waals surface area contributed by atoms with Gasteiger partial charge in [0.15, 0.2) is 0 Å². The van der Waals surface area contributed by atoms with Crippen molar-refractivity contribution in [1.82, 2.24) is 10.2 Å². The highest BCUT2D eigenvalue weighted by Gasteiger charge is 1.98. The molecular formula is C9H21N3O. The van der Waals surface area contributed by atoms with Crippen molar-refractivity contribution in [2.24, 2.45) is 5.73 Å². The molecule has 0 heterocycles. The van der Waals surface area contributed by atoms with Gasteiger partial charge in [0, 0.05) is 0 Å². The third-order valence-electron chi connectivity index (χ3n) is 2.02. The molecule has 0 aromatic heterocycles. The summed E-state index contributed by atoms with van der Waals surface area (Å²) >= 11 is 0. The van der Waals surface area contributed by atoms with E-state index < -0.39 is 0 Å². The van der Waals surface area contributed by atoms with Crippen molar-refractivity contribution in [3.63, 3.8) is 0 Å². The van der Waals surface area contributed by atoms with Gasteiger partial charge in [-0.05, 0) is 32.6 Å². The lowest BCUT2D eigenvalue weighted by molar-refractivity contribution is -0.117. The first-order valence-electron chi connectivity index (χ1n) is 4.92. The zero-order chi connectivity index (χ0) is 10.1. The highest BCUT2D eigenvalue weighted by atomic mass is 16.1. The first-order chi connectivity index (χ1) is 6.20. The van der Waals surface area contributed by atoms with Crippen LogP contribution < -0.4 is 11.1 Å². The van der Waals surface area contributed by atoms with Crippen LogP contribution in [0.15, 0.2) is 0 Å². The van der Waals surface area contributed by atoms with Gasteiger partial charge in [0.25, 0.3) is 0 Å². The molecular weight excluding hydrogens is 166 g/mol. The van der Waals surface area contributed by atoms with Crippen LogP contribution >= 0.6 is 0 Å². The Balaban J connectivity index is 3.19. The van der Waals surface area contributed by atoms with Gasteiger partial charge in [-0.3, -0.25) is 4.79 Å². The van der Waals surface area contributed by atoms with E-state index in [0.29, 0.717) is 0 Å². The highest BCUT2D eigenvalue weighted by Crippen LogP contribution is 1.88. The maximum Gasteiger partial charge on any atom is 0.231 e. The average Bonchev–Trinajstić information content (AvgIpc) is 2.11. The van der Waals surface area contributed by atoms with Crippen LogP contribution in [-0.4, -0.2) is 43.5 Å². The first-order valence-corrected chi connectivity index (χ1v) is 4.92. The Bertz CT molecular complexity index is 135. The number of rotatable bonds is 8. The van der Waals surface area contributed by atoms with Crippen molar-refractivity contribution in [2.45, 2.75) is 20.3 Å². The van der Waals surface area contributed by atoms with Crippen molar-refractivity contribution in [3.05, 3.63) is 0 Å². The third-order valence-corrected chi connectivity index (χ3v) is 2.02. The summed E-state index contributed by atoms with van der Waals surface area (Å²) in [7, 11) is 0. The summed E-state index contributed by atoms with van der Waals surface area (Å²) in [5, 5.41) is 2.99. The van der Waals surface area contributed by atoms with E-state index in [1.807, 2.05) is 0 Å². The lowest BCUT2D eigenvalue weighted by Crippen LogP contribution is -2.31. The molecule has 3 N–H and O–H groups in total. The lowest BCUT2D eigenvalue weighted by atomic mass is 10.3. The summed E-state index contributed by atoms with van der Waals surface area (Å²) < 4.78 is 0. The SMILES string of the molecule is CCN(CC)CCCNCC(N)=O. The predicted molar refractivity (Wildman–Crippen MR) is 54.5 cm³/mol. The fourth-order valence-electron chi connectivity index (χ4n) is 1.18. The van der Waals surface area contributed by atoms with Crippen molar-refractivity contribution in [2.75, 3.05) is 32.7 Å². The Morgan fingerprint density at radius 2 is 2.00 bits per heavy atom. The van der Waals surface area contributed by atoms with E-state index in [0.717, 1.165) is 32.6 Å².